The Bertz CT molecular complexity index is 1100. The molecule has 0 fully saturated rings. The number of rotatable bonds is 6. The minimum absolute atomic E-state index is 0.00661. The van der Waals surface area contributed by atoms with Crippen molar-refractivity contribution in [3.63, 3.8) is 0 Å². The SMILES string of the molecule is CCC(C)NC(=O)C(C)n1c(=O)n(Cc2ccccc2)c(=O)c2ccccc21. The molecule has 0 bridgehead atoms. The topological polar surface area (TPSA) is 73.1 Å². The lowest BCUT2D eigenvalue weighted by Crippen LogP contribution is -2.45. The predicted octanol–water partition coefficient (Wildman–Crippen LogP) is 2.69. The van der Waals surface area contributed by atoms with Crippen LogP contribution in [0.15, 0.2) is 64.2 Å². The van der Waals surface area contributed by atoms with Crippen LogP contribution in [0.25, 0.3) is 10.9 Å². The lowest BCUT2D eigenvalue weighted by atomic mass is 10.2. The van der Waals surface area contributed by atoms with E-state index in [4.69, 9.17) is 0 Å². The number of para-hydroxylation sites is 1. The number of fused-ring (bicyclic) bond motifs is 1. The van der Waals surface area contributed by atoms with Crippen molar-refractivity contribution in [1.29, 1.82) is 0 Å². The first-order valence-electron chi connectivity index (χ1n) is 9.52. The number of nitrogens with zero attached hydrogens (tertiary/aromatic N) is 2. The van der Waals surface area contributed by atoms with Gasteiger partial charge < -0.3 is 5.32 Å². The second kappa shape index (κ2) is 8.25. The molecule has 1 N–H and O–H groups in total. The summed E-state index contributed by atoms with van der Waals surface area (Å²) in [5.74, 6) is -0.244. The highest BCUT2D eigenvalue weighted by atomic mass is 16.2. The molecule has 2 aromatic carbocycles. The molecule has 1 aromatic heterocycles. The van der Waals surface area contributed by atoms with Gasteiger partial charge in [-0.25, -0.2) is 4.79 Å². The Balaban J connectivity index is 2.17. The standard InChI is InChI=1S/C22H25N3O3/c1-4-15(2)23-20(26)16(3)25-19-13-9-8-12-18(19)21(27)24(22(25)28)14-17-10-6-5-7-11-17/h5-13,15-16H,4,14H2,1-3H3,(H,23,26). The van der Waals surface area contributed by atoms with Crippen molar-refractivity contribution in [3.05, 3.63) is 81.0 Å². The van der Waals surface area contributed by atoms with Crippen LogP contribution < -0.4 is 16.6 Å². The number of aromatic nitrogens is 2. The van der Waals surface area contributed by atoms with Crippen molar-refractivity contribution < 1.29 is 4.79 Å². The molecular formula is C22H25N3O3. The van der Waals surface area contributed by atoms with Crippen LogP contribution in [0, 0.1) is 0 Å². The van der Waals surface area contributed by atoms with Gasteiger partial charge in [0.1, 0.15) is 6.04 Å². The summed E-state index contributed by atoms with van der Waals surface area (Å²) in [5.41, 5.74) is 0.475. The molecule has 28 heavy (non-hydrogen) atoms. The zero-order valence-electron chi connectivity index (χ0n) is 16.4. The maximum atomic E-state index is 13.3. The van der Waals surface area contributed by atoms with Gasteiger partial charge in [0.05, 0.1) is 17.4 Å². The maximum absolute atomic E-state index is 13.3. The van der Waals surface area contributed by atoms with Crippen LogP contribution in [0.1, 0.15) is 38.8 Å². The number of amides is 1. The van der Waals surface area contributed by atoms with E-state index in [0.717, 1.165) is 12.0 Å². The van der Waals surface area contributed by atoms with E-state index in [-0.39, 0.29) is 24.1 Å². The number of benzene rings is 2. The zero-order chi connectivity index (χ0) is 20.3. The number of carbonyl (C=O) groups is 1. The molecule has 0 aliphatic heterocycles. The fourth-order valence-electron chi connectivity index (χ4n) is 3.19. The summed E-state index contributed by atoms with van der Waals surface area (Å²) in [6.07, 6.45) is 0.793. The van der Waals surface area contributed by atoms with Gasteiger partial charge in [0, 0.05) is 6.04 Å². The third-order valence-electron chi connectivity index (χ3n) is 5.03. The van der Waals surface area contributed by atoms with Crippen LogP contribution in [0.3, 0.4) is 0 Å². The van der Waals surface area contributed by atoms with Crippen LogP contribution >= 0.6 is 0 Å². The van der Waals surface area contributed by atoms with Gasteiger partial charge in [-0.05, 0) is 38.0 Å². The van der Waals surface area contributed by atoms with E-state index in [0.29, 0.717) is 10.9 Å². The van der Waals surface area contributed by atoms with Gasteiger partial charge in [0.2, 0.25) is 5.91 Å². The molecule has 0 spiro atoms. The molecule has 6 nitrogen and oxygen atoms in total. The fraction of sp³-hybridized carbons (Fsp3) is 0.318. The minimum Gasteiger partial charge on any atom is -0.352 e. The van der Waals surface area contributed by atoms with E-state index in [9.17, 15) is 14.4 Å². The lowest BCUT2D eigenvalue weighted by molar-refractivity contribution is -0.124. The smallest absolute Gasteiger partial charge is 0.332 e. The van der Waals surface area contributed by atoms with Crippen molar-refractivity contribution >= 4 is 16.8 Å². The van der Waals surface area contributed by atoms with E-state index in [1.807, 2.05) is 44.2 Å². The van der Waals surface area contributed by atoms with Crippen molar-refractivity contribution in [2.75, 3.05) is 0 Å². The molecule has 0 aliphatic rings. The Morgan fingerprint density at radius 3 is 2.32 bits per heavy atom. The number of nitrogens with one attached hydrogen (secondary N) is 1. The van der Waals surface area contributed by atoms with E-state index in [2.05, 4.69) is 5.32 Å². The molecule has 0 saturated heterocycles. The van der Waals surface area contributed by atoms with E-state index < -0.39 is 11.7 Å². The van der Waals surface area contributed by atoms with Gasteiger partial charge in [-0.3, -0.25) is 18.7 Å². The number of hydrogen-bond donors (Lipinski definition) is 1. The maximum Gasteiger partial charge on any atom is 0.332 e. The Morgan fingerprint density at radius 2 is 1.64 bits per heavy atom. The molecule has 3 aromatic rings. The predicted molar refractivity (Wildman–Crippen MR) is 111 cm³/mol. The van der Waals surface area contributed by atoms with Gasteiger partial charge in [0.15, 0.2) is 0 Å². The average molecular weight is 379 g/mol. The summed E-state index contributed by atoms with van der Waals surface area (Å²) in [6.45, 7) is 5.74. The molecule has 146 valence electrons. The van der Waals surface area contributed by atoms with Gasteiger partial charge in [-0.1, -0.05) is 49.4 Å². The molecule has 2 unspecified atom stereocenters. The second-order valence-electron chi connectivity index (χ2n) is 7.04. The van der Waals surface area contributed by atoms with Crippen molar-refractivity contribution in [2.45, 2.75) is 45.8 Å². The van der Waals surface area contributed by atoms with Crippen LogP contribution in [0.4, 0.5) is 0 Å². The van der Waals surface area contributed by atoms with Crippen LogP contribution in [0.2, 0.25) is 0 Å². The van der Waals surface area contributed by atoms with Gasteiger partial charge in [0.25, 0.3) is 5.56 Å². The molecule has 3 rings (SSSR count). The Hall–Kier alpha value is -3.15. The first-order valence-corrected chi connectivity index (χ1v) is 9.52. The monoisotopic (exact) mass is 379 g/mol. The Kier molecular flexibility index (Phi) is 5.78. The molecule has 6 heteroatoms. The molecule has 0 radical (unpaired) electrons. The van der Waals surface area contributed by atoms with E-state index in [1.54, 1.807) is 31.2 Å². The summed E-state index contributed by atoms with van der Waals surface area (Å²) in [5, 5.41) is 3.34. The quantitative estimate of drug-likeness (QED) is 0.716. The number of hydrogen-bond acceptors (Lipinski definition) is 3. The largest absolute Gasteiger partial charge is 0.352 e. The van der Waals surface area contributed by atoms with Crippen LogP contribution in [-0.2, 0) is 11.3 Å². The zero-order valence-corrected chi connectivity index (χ0v) is 16.4. The summed E-state index contributed by atoms with van der Waals surface area (Å²) in [4.78, 5) is 38.9. The highest BCUT2D eigenvalue weighted by Gasteiger charge is 2.22. The van der Waals surface area contributed by atoms with Gasteiger partial charge in [-0.15, -0.1) is 0 Å². The first kappa shape index (κ1) is 19.6. The van der Waals surface area contributed by atoms with Gasteiger partial charge in [-0.2, -0.15) is 0 Å². The second-order valence-corrected chi connectivity index (χ2v) is 7.04. The molecule has 1 heterocycles. The minimum atomic E-state index is -0.742. The van der Waals surface area contributed by atoms with Crippen molar-refractivity contribution in [3.8, 4) is 0 Å². The third kappa shape index (κ3) is 3.76. The van der Waals surface area contributed by atoms with Crippen molar-refractivity contribution in [2.24, 2.45) is 0 Å². The Labute approximate surface area is 163 Å². The van der Waals surface area contributed by atoms with Crippen molar-refractivity contribution in [1.82, 2.24) is 14.5 Å². The molecule has 2 atom stereocenters. The summed E-state index contributed by atoms with van der Waals surface area (Å²) in [7, 11) is 0. The Morgan fingerprint density at radius 1 is 1.00 bits per heavy atom. The number of carbonyl (C=O) groups excluding carboxylic acids is 1. The van der Waals surface area contributed by atoms with Crippen LogP contribution in [-0.4, -0.2) is 21.1 Å². The van der Waals surface area contributed by atoms with Crippen LogP contribution in [0.5, 0.6) is 0 Å². The molecule has 0 aliphatic carbocycles. The first-order chi connectivity index (χ1) is 13.4. The molecule has 1 amide bonds. The van der Waals surface area contributed by atoms with Gasteiger partial charge >= 0.3 is 5.69 Å². The van der Waals surface area contributed by atoms with E-state index in [1.165, 1.54) is 9.13 Å². The fourth-order valence-corrected chi connectivity index (χ4v) is 3.19. The lowest BCUT2D eigenvalue weighted by Gasteiger charge is -2.21. The summed E-state index contributed by atoms with van der Waals surface area (Å²) < 4.78 is 2.61. The average Bonchev–Trinajstić information content (AvgIpc) is 2.71. The third-order valence-corrected chi connectivity index (χ3v) is 5.03. The highest BCUT2D eigenvalue weighted by molar-refractivity contribution is 5.84. The summed E-state index contributed by atoms with van der Waals surface area (Å²) >= 11 is 0. The highest BCUT2D eigenvalue weighted by Crippen LogP contribution is 2.14. The molecular weight excluding hydrogens is 354 g/mol. The molecule has 0 saturated carbocycles. The summed E-state index contributed by atoms with van der Waals surface area (Å²) in [6, 6.07) is 15.5. The van der Waals surface area contributed by atoms with E-state index >= 15 is 0 Å². The normalized spacial score (nSPS) is 13.2.